The molecule has 8 heteroatoms. The molecule has 0 aliphatic carbocycles. The topological polar surface area (TPSA) is 85.9 Å². The molecule has 8 nitrogen and oxygen atoms in total. The monoisotopic (exact) mass is 462 g/mol. The van der Waals surface area contributed by atoms with E-state index >= 15 is 0 Å². The molecule has 1 aromatic carbocycles. The molecule has 0 bridgehead atoms. The summed E-state index contributed by atoms with van der Waals surface area (Å²) in [4.78, 5) is 26.1. The molecular weight excluding hydrogens is 436 g/mol. The molecule has 174 valence electrons. The highest BCUT2D eigenvalue weighted by Gasteiger charge is 2.16. The molecule has 35 heavy (non-hydrogen) atoms. The van der Waals surface area contributed by atoms with Crippen LogP contribution >= 0.6 is 0 Å². The van der Waals surface area contributed by atoms with Crippen LogP contribution in [0.2, 0.25) is 0 Å². The highest BCUT2D eigenvalue weighted by molar-refractivity contribution is 5.89. The average molecular weight is 463 g/mol. The first-order chi connectivity index (χ1) is 17.1. The standard InChI is InChI=1S/C27H26N8/c1-18(19-5-7-28-26(15-19)35-11-9-34(2)10-12-35)32-25-14-22-13-20(3-4-21(22)16-31-25)24-17-30-23-6-8-29-27(23)33-24/h3-8,13-17H,1,9-12H2,2H3,(H,29,33)(H,31,32). The van der Waals surface area contributed by atoms with Crippen LogP contribution in [0.3, 0.4) is 0 Å². The summed E-state index contributed by atoms with van der Waals surface area (Å²) in [5.41, 5.74) is 5.25. The zero-order valence-electron chi connectivity index (χ0n) is 19.6. The van der Waals surface area contributed by atoms with Crippen molar-refractivity contribution in [2.24, 2.45) is 0 Å². The second-order valence-electron chi connectivity index (χ2n) is 8.89. The van der Waals surface area contributed by atoms with Gasteiger partial charge in [0.15, 0.2) is 5.65 Å². The minimum absolute atomic E-state index is 0.739. The number of aromatic nitrogens is 5. The van der Waals surface area contributed by atoms with Gasteiger partial charge in [-0.15, -0.1) is 0 Å². The fourth-order valence-corrected chi connectivity index (χ4v) is 4.38. The molecule has 5 heterocycles. The van der Waals surface area contributed by atoms with Gasteiger partial charge in [-0.25, -0.2) is 15.0 Å². The minimum atomic E-state index is 0.739. The van der Waals surface area contributed by atoms with Gasteiger partial charge < -0.3 is 20.1 Å². The Morgan fingerprint density at radius 1 is 0.943 bits per heavy atom. The fraction of sp³-hybridized carbons (Fsp3) is 0.185. The summed E-state index contributed by atoms with van der Waals surface area (Å²) in [6.45, 7) is 8.29. The number of fused-ring (bicyclic) bond motifs is 2. The number of H-pyrrole nitrogens is 1. The number of nitrogens with zero attached hydrogens (tertiary/aromatic N) is 6. The second kappa shape index (κ2) is 8.81. The average Bonchev–Trinajstić information content (AvgIpc) is 3.37. The maximum Gasteiger partial charge on any atom is 0.156 e. The molecule has 1 fully saturated rings. The molecule has 6 rings (SSSR count). The molecule has 0 radical (unpaired) electrons. The molecule has 4 aromatic heterocycles. The Hall–Kier alpha value is -4.30. The fourth-order valence-electron chi connectivity index (χ4n) is 4.38. The van der Waals surface area contributed by atoms with Gasteiger partial charge in [-0.3, -0.25) is 4.98 Å². The van der Waals surface area contributed by atoms with Crippen molar-refractivity contribution in [2.75, 3.05) is 43.4 Å². The third kappa shape index (κ3) is 4.31. The molecular formula is C27H26N8. The molecule has 1 aliphatic rings. The van der Waals surface area contributed by atoms with Crippen molar-refractivity contribution in [3.63, 3.8) is 0 Å². The lowest BCUT2D eigenvalue weighted by molar-refractivity contribution is 0.312. The summed E-state index contributed by atoms with van der Waals surface area (Å²) in [7, 11) is 2.15. The van der Waals surface area contributed by atoms with Crippen LogP contribution in [-0.4, -0.2) is 63.0 Å². The molecule has 0 unspecified atom stereocenters. The molecule has 0 spiro atoms. The number of likely N-dealkylation sites (N-methyl/N-ethyl adjacent to an activating group) is 1. The lowest BCUT2D eigenvalue weighted by Gasteiger charge is -2.33. The maximum atomic E-state index is 4.70. The van der Waals surface area contributed by atoms with Gasteiger partial charge in [-0.05, 0) is 42.8 Å². The first-order valence-corrected chi connectivity index (χ1v) is 11.7. The Kier molecular flexibility index (Phi) is 5.35. The smallest absolute Gasteiger partial charge is 0.156 e. The second-order valence-corrected chi connectivity index (χ2v) is 8.89. The first-order valence-electron chi connectivity index (χ1n) is 11.7. The third-order valence-corrected chi connectivity index (χ3v) is 6.48. The van der Waals surface area contributed by atoms with E-state index in [1.165, 1.54) is 0 Å². The van der Waals surface area contributed by atoms with Crippen molar-refractivity contribution < 1.29 is 0 Å². The SMILES string of the molecule is C=C(Nc1cc2cc(-c3cnc4cc[nH]c4n3)ccc2cn1)c1ccnc(N2CCN(C)CC2)c1. The van der Waals surface area contributed by atoms with Gasteiger partial charge in [-0.1, -0.05) is 18.7 Å². The van der Waals surface area contributed by atoms with E-state index in [2.05, 4.69) is 66.9 Å². The van der Waals surface area contributed by atoms with E-state index in [-0.39, 0.29) is 0 Å². The van der Waals surface area contributed by atoms with Crippen molar-refractivity contribution in [1.29, 1.82) is 0 Å². The van der Waals surface area contributed by atoms with Crippen molar-refractivity contribution in [3.05, 3.63) is 79.4 Å². The van der Waals surface area contributed by atoms with Crippen LogP contribution in [-0.2, 0) is 0 Å². The Bertz CT molecular complexity index is 1530. The number of pyridine rings is 2. The Morgan fingerprint density at radius 2 is 1.83 bits per heavy atom. The van der Waals surface area contributed by atoms with Gasteiger partial charge in [0.2, 0.25) is 0 Å². The predicted octanol–water partition coefficient (Wildman–Crippen LogP) is 4.40. The zero-order valence-corrected chi connectivity index (χ0v) is 19.6. The van der Waals surface area contributed by atoms with E-state index in [0.29, 0.717) is 0 Å². The number of hydrogen-bond acceptors (Lipinski definition) is 7. The van der Waals surface area contributed by atoms with Crippen molar-refractivity contribution in [3.8, 4) is 11.3 Å². The van der Waals surface area contributed by atoms with Gasteiger partial charge in [0.1, 0.15) is 17.2 Å². The number of piperazine rings is 1. The van der Waals surface area contributed by atoms with Crippen LogP contribution < -0.4 is 10.2 Å². The number of hydrogen-bond donors (Lipinski definition) is 2. The highest BCUT2D eigenvalue weighted by Crippen LogP contribution is 2.26. The summed E-state index contributed by atoms with van der Waals surface area (Å²) in [5, 5.41) is 5.49. The van der Waals surface area contributed by atoms with E-state index in [0.717, 1.165) is 82.3 Å². The Morgan fingerprint density at radius 3 is 2.71 bits per heavy atom. The number of benzene rings is 1. The predicted molar refractivity (Wildman–Crippen MR) is 141 cm³/mol. The molecule has 0 amide bonds. The summed E-state index contributed by atoms with van der Waals surface area (Å²) in [6, 6.07) is 14.2. The number of rotatable bonds is 5. The molecule has 0 saturated carbocycles. The van der Waals surface area contributed by atoms with Gasteiger partial charge in [-0.2, -0.15) is 0 Å². The van der Waals surface area contributed by atoms with Crippen LogP contribution in [0.15, 0.2) is 73.8 Å². The highest BCUT2D eigenvalue weighted by atomic mass is 15.3. The molecule has 1 saturated heterocycles. The molecule has 5 aromatic rings. The lowest BCUT2D eigenvalue weighted by Crippen LogP contribution is -2.44. The van der Waals surface area contributed by atoms with Crippen molar-refractivity contribution >= 4 is 39.3 Å². The van der Waals surface area contributed by atoms with Gasteiger partial charge in [0, 0.05) is 67.0 Å². The van der Waals surface area contributed by atoms with Crippen LogP contribution in [0.4, 0.5) is 11.6 Å². The molecule has 2 N–H and O–H groups in total. The summed E-state index contributed by atoms with van der Waals surface area (Å²) >= 11 is 0. The quantitative estimate of drug-likeness (QED) is 0.400. The summed E-state index contributed by atoms with van der Waals surface area (Å²) < 4.78 is 0. The van der Waals surface area contributed by atoms with E-state index in [9.17, 15) is 0 Å². The van der Waals surface area contributed by atoms with E-state index in [1.54, 1.807) is 6.20 Å². The largest absolute Gasteiger partial charge is 0.354 e. The zero-order chi connectivity index (χ0) is 23.8. The normalized spacial score (nSPS) is 14.5. The van der Waals surface area contributed by atoms with Crippen LogP contribution in [0, 0.1) is 0 Å². The Labute approximate surface area is 203 Å². The summed E-state index contributed by atoms with van der Waals surface area (Å²) in [6.07, 6.45) is 7.37. The van der Waals surface area contributed by atoms with Crippen molar-refractivity contribution in [1.82, 2.24) is 29.8 Å². The first kappa shape index (κ1) is 21.2. The minimum Gasteiger partial charge on any atom is -0.354 e. The van der Waals surface area contributed by atoms with Gasteiger partial charge in [0.05, 0.1) is 11.9 Å². The molecule has 0 atom stereocenters. The van der Waals surface area contributed by atoms with Gasteiger partial charge >= 0.3 is 0 Å². The summed E-state index contributed by atoms with van der Waals surface area (Å²) in [5.74, 6) is 1.72. The van der Waals surface area contributed by atoms with E-state index < -0.39 is 0 Å². The van der Waals surface area contributed by atoms with Gasteiger partial charge in [0.25, 0.3) is 0 Å². The number of aromatic amines is 1. The lowest BCUT2D eigenvalue weighted by atomic mass is 10.1. The van der Waals surface area contributed by atoms with Crippen LogP contribution in [0.1, 0.15) is 5.56 Å². The number of anilines is 2. The third-order valence-electron chi connectivity index (χ3n) is 6.48. The van der Waals surface area contributed by atoms with E-state index in [1.807, 2.05) is 42.9 Å². The molecule has 1 aliphatic heterocycles. The Balaban J connectivity index is 1.24. The number of nitrogens with one attached hydrogen (secondary N) is 2. The van der Waals surface area contributed by atoms with Crippen LogP contribution in [0.5, 0.6) is 0 Å². The van der Waals surface area contributed by atoms with E-state index in [4.69, 9.17) is 4.98 Å². The van der Waals surface area contributed by atoms with Crippen LogP contribution in [0.25, 0.3) is 38.9 Å². The maximum absolute atomic E-state index is 4.70. The van der Waals surface area contributed by atoms with Crippen molar-refractivity contribution in [2.45, 2.75) is 0 Å².